The lowest BCUT2D eigenvalue weighted by Gasteiger charge is -2.38. The van der Waals surface area contributed by atoms with Crippen molar-refractivity contribution in [3.8, 4) is 0 Å². The number of rotatable bonds is 8. The van der Waals surface area contributed by atoms with Crippen molar-refractivity contribution in [3.63, 3.8) is 0 Å². The fourth-order valence-corrected chi connectivity index (χ4v) is 5.67. The number of hydrogen-bond donors (Lipinski definition) is 1. The highest BCUT2D eigenvalue weighted by atomic mass is 35.5. The number of carbonyl (C=O) groups excluding carboxylic acids is 1. The SMILES string of the molecule is CN(CCc1cccc(Cl)c1)C1CCC(C(C(N)=O)(c2ccccc2)c2ccccc2)C1. The lowest BCUT2D eigenvalue weighted by molar-refractivity contribution is -0.123. The molecule has 0 radical (unpaired) electrons. The average molecular weight is 447 g/mol. The van der Waals surface area contributed by atoms with Crippen LogP contribution in [0.5, 0.6) is 0 Å². The van der Waals surface area contributed by atoms with Crippen molar-refractivity contribution in [1.82, 2.24) is 4.90 Å². The zero-order chi connectivity index (χ0) is 22.6. The summed E-state index contributed by atoms with van der Waals surface area (Å²) in [5.74, 6) is -0.106. The Morgan fingerprint density at radius 2 is 1.59 bits per heavy atom. The minimum absolute atomic E-state index is 0.156. The van der Waals surface area contributed by atoms with Gasteiger partial charge in [0.05, 0.1) is 0 Å². The molecule has 0 aromatic heterocycles. The van der Waals surface area contributed by atoms with Crippen LogP contribution in [-0.2, 0) is 16.6 Å². The Hall–Kier alpha value is -2.62. The van der Waals surface area contributed by atoms with E-state index in [1.165, 1.54) is 5.56 Å². The summed E-state index contributed by atoms with van der Waals surface area (Å²) in [5.41, 5.74) is 8.64. The van der Waals surface area contributed by atoms with Crippen molar-refractivity contribution >= 4 is 17.5 Å². The molecule has 2 unspecified atom stereocenters. The molecule has 2 atom stereocenters. The first-order valence-corrected chi connectivity index (χ1v) is 11.7. The van der Waals surface area contributed by atoms with E-state index >= 15 is 0 Å². The van der Waals surface area contributed by atoms with Gasteiger partial charge in [-0.15, -0.1) is 0 Å². The number of carbonyl (C=O) groups is 1. The van der Waals surface area contributed by atoms with Crippen LogP contribution in [0, 0.1) is 5.92 Å². The third-order valence-corrected chi connectivity index (χ3v) is 7.36. The van der Waals surface area contributed by atoms with Crippen LogP contribution in [0.1, 0.15) is 36.0 Å². The van der Waals surface area contributed by atoms with Crippen molar-refractivity contribution in [2.24, 2.45) is 11.7 Å². The number of likely N-dealkylation sites (N-methyl/N-ethyl adjacent to an activating group) is 1. The van der Waals surface area contributed by atoms with Gasteiger partial charge in [-0.1, -0.05) is 84.4 Å². The van der Waals surface area contributed by atoms with Gasteiger partial charge in [-0.2, -0.15) is 0 Å². The molecule has 32 heavy (non-hydrogen) atoms. The summed E-state index contributed by atoms with van der Waals surface area (Å²) < 4.78 is 0. The molecule has 3 aromatic carbocycles. The van der Waals surface area contributed by atoms with E-state index in [-0.39, 0.29) is 11.8 Å². The van der Waals surface area contributed by atoms with Crippen LogP contribution in [0.25, 0.3) is 0 Å². The normalized spacial score (nSPS) is 18.7. The minimum Gasteiger partial charge on any atom is -0.369 e. The number of amides is 1. The van der Waals surface area contributed by atoms with Crippen LogP contribution < -0.4 is 5.73 Å². The molecule has 2 N–H and O–H groups in total. The largest absolute Gasteiger partial charge is 0.369 e. The highest BCUT2D eigenvalue weighted by Crippen LogP contribution is 2.47. The smallest absolute Gasteiger partial charge is 0.232 e. The maximum Gasteiger partial charge on any atom is 0.232 e. The third kappa shape index (κ3) is 4.46. The summed E-state index contributed by atoms with van der Waals surface area (Å²) in [6.45, 7) is 0.956. The topological polar surface area (TPSA) is 46.3 Å². The van der Waals surface area contributed by atoms with Gasteiger partial charge in [0.2, 0.25) is 5.91 Å². The molecular formula is C28H31ClN2O. The highest BCUT2D eigenvalue weighted by molar-refractivity contribution is 6.30. The fraction of sp³-hybridized carbons (Fsp3) is 0.321. The number of hydrogen-bond acceptors (Lipinski definition) is 2. The fourth-order valence-electron chi connectivity index (χ4n) is 5.46. The highest BCUT2D eigenvalue weighted by Gasteiger charge is 2.50. The summed E-state index contributed by atoms with van der Waals surface area (Å²) in [6.07, 6.45) is 3.93. The van der Waals surface area contributed by atoms with Gasteiger partial charge in [-0.25, -0.2) is 0 Å². The standard InChI is InChI=1S/C28H31ClN2O/c1-31(18-17-21-9-8-14-25(29)19-21)26-16-15-24(20-26)28(27(30)32,22-10-4-2-5-11-22)23-12-6-3-7-13-23/h2-14,19,24,26H,15-18,20H2,1H3,(H2,30,32). The van der Waals surface area contributed by atoms with E-state index in [0.717, 1.165) is 48.4 Å². The second kappa shape index (κ2) is 9.89. The number of nitrogens with two attached hydrogens (primary N) is 1. The Labute approximate surface area is 196 Å². The molecule has 1 fully saturated rings. The number of benzene rings is 3. The van der Waals surface area contributed by atoms with Crippen LogP contribution in [0.2, 0.25) is 5.02 Å². The van der Waals surface area contributed by atoms with Gasteiger partial charge in [-0.3, -0.25) is 4.79 Å². The van der Waals surface area contributed by atoms with Crippen molar-refractivity contribution < 1.29 is 4.79 Å². The van der Waals surface area contributed by atoms with Crippen LogP contribution in [0.15, 0.2) is 84.9 Å². The maximum absolute atomic E-state index is 13.2. The number of primary amides is 1. The van der Waals surface area contributed by atoms with Gasteiger partial charge >= 0.3 is 0 Å². The van der Waals surface area contributed by atoms with E-state index in [0.29, 0.717) is 6.04 Å². The Morgan fingerprint density at radius 1 is 0.969 bits per heavy atom. The lowest BCUT2D eigenvalue weighted by atomic mass is 9.64. The van der Waals surface area contributed by atoms with E-state index < -0.39 is 5.41 Å². The number of halogens is 1. The molecule has 0 bridgehead atoms. The van der Waals surface area contributed by atoms with Gasteiger partial charge in [0.25, 0.3) is 0 Å². The molecule has 4 heteroatoms. The zero-order valence-electron chi connectivity index (χ0n) is 18.6. The Kier molecular flexibility index (Phi) is 6.98. The first-order chi connectivity index (χ1) is 15.5. The van der Waals surface area contributed by atoms with E-state index in [4.69, 9.17) is 17.3 Å². The van der Waals surface area contributed by atoms with E-state index in [1.807, 2.05) is 78.9 Å². The molecule has 166 valence electrons. The molecule has 1 aliphatic carbocycles. The Bertz CT molecular complexity index is 998. The molecule has 1 aliphatic rings. The average Bonchev–Trinajstić information content (AvgIpc) is 3.30. The Morgan fingerprint density at radius 3 is 2.16 bits per heavy atom. The second-order valence-corrected chi connectivity index (χ2v) is 9.37. The van der Waals surface area contributed by atoms with Crippen molar-refractivity contribution in [3.05, 3.63) is 107 Å². The molecule has 1 amide bonds. The van der Waals surface area contributed by atoms with E-state index in [2.05, 4.69) is 18.0 Å². The molecule has 4 rings (SSSR count). The summed E-state index contributed by atoms with van der Waals surface area (Å²) in [7, 11) is 2.19. The molecule has 3 nitrogen and oxygen atoms in total. The predicted molar refractivity (Wildman–Crippen MR) is 132 cm³/mol. The summed E-state index contributed by atoms with van der Waals surface area (Å²) in [6, 6.07) is 28.7. The second-order valence-electron chi connectivity index (χ2n) is 8.93. The summed E-state index contributed by atoms with van der Waals surface area (Å²) >= 11 is 6.15. The predicted octanol–water partition coefficient (Wildman–Crippen LogP) is 5.45. The molecular weight excluding hydrogens is 416 g/mol. The Balaban J connectivity index is 1.58. The van der Waals surface area contributed by atoms with Crippen LogP contribution >= 0.6 is 11.6 Å². The minimum atomic E-state index is -0.814. The quantitative estimate of drug-likeness (QED) is 0.499. The number of nitrogens with zero attached hydrogens (tertiary/aromatic N) is 1. The third-order valence-electron chi connectivity index (χ3n) is 7.13. The molecule has 0 aliphatic heterocycles. The monoisotopic (exact) mass is 446 g/mol. The van der Waals surface area contributed by atoms with E-state index in [1.54, 1.807) is 0 Å². The van der Waals surface area contributed by atoms with Crippen molar-refractivity contribution in [2.75, 3.05) is 13.6 Å². The summed E-state index contributed by atoms with van der Waals surface area (Å²) in [4.78, 5) is 15.7. The molecule has 1 saturated carbocycles. The van der Waals surface area contributed by atoms with Gasteiger partial charge in [0.15, 0.2) is 0 Å². The van der Waals surface area contributed by atoms with Crippen LogP contribution in [-0.4, -0.2) is 30.4 Å². The molecule has 0 heterocycles. The van der Waals surface area contributed by atoms with Crippen LogP contribution in [0.3, 0.4) is 0 Å². The lowest BCUT2D eigenvalue weighted by Crippen LogP contribution is -2.48. The molecule has 0 spiro atoms. The van der Waals surface area contributed by atoms with Crippen molar-refractivity contribution in [2.45, 2.75) is 37.1 Å². The first-order valence-electron chi connectivity index (χ1n) is 11.4. The molecule has 3 aromatic rings. The van der Waals surface area contributed by atoms with Gasteiger partial charge < -0.3 is 10.6 Å². The first kappa shape index (κ1) is 22.6. The van der Waals surface area contributed by atoms with Gasteiger partial charge in [-0.05, 0) is 67.5 Å². The van der Waals surface area contributed by atoms with Gasteiger partial charge in [0, 0.05) is 17.6 Å². The van der Waals surface area contributed by atoms with Crippen LogP contribution in [0.4, 0.5) is 0 Å². The van der Waals surface area contributed by atoms with E-state index in [9.17, 15) is 4.79 Å². The summed E-state index contributed by atoms with van der Waals surface area (Å²) in [5, 5.41) is 0.781. The van der Waals surface area contributed by atoms with Crippen molar-refractivity contribution in [1.29, 1.82) is 0 Å². The molecule has 0 saturated heterocycles. The van der Waals surface area contributed by atoms with Gasteiger partial charge in [0.1, 0.15) is 5.41 Å². The zero-order valence-corrected chi connectivity index (χ0v) is 19.3. The maximum atomic E-state index is 13.2.